The lowest BCUT2D eigenvalue weighted by atomic mass is 9.93. The molecule has 80 valence electrons. The highest BCUT2D eigenvalue weighted by Crippen LogP contribution is 2.23. The minimum absolute atomic E-state index is 0.222. The van der Waals surface area contributed by atoms with Gasteiger partial charge in [-0.1, -0.05) is 32.0 Å². The molecular weight excluding hydrogens is 186 g/mol. The van der Waals surface area contributed by atoms with Crippen molar-refractivity contribution in [1.29, 1.82) is 0 Å². The smallest absolute Gasteiger partial charge is 0.227 e. The molecule has 1 amide bonds. The molecule has 1 aliphatic heterocycles. The Morgan fingerprint density at radius 1 is 1.27 bits per heavy atom. The second kappa shape index (κ2) is 3.69. The van der Waals surface area contributed by atoms with Gasteiger partial charge in [-0.2, -0.15) is 0 Å². The minimum atomic E-state index is 0.222. The van der Waals surface area contributed by atoms with E-state index in [1.165, 1.54) is 16.7 Å². The van der Waals surface area contributed by atoms with Gasteiger partial charge in [0.15, 0.2) is 0 Å². The predicted octanol–water partition coefficient (Wildman–Crippen LogP) is 2.32. The number of likely N-dealkylation sites (N-methyl/N-ethyl adjacent to an activating group) is 1. The van der Waals surface area contributed by atoms with Crippen LogP contribution in [0.25, 0.3) is 0 Å². The van der Waals surface area contributed by atoms with Gasteiger partial charge in [0.25, 0.3) is 0 Å². The maximum Gasteiger partial charge on any atom is 0.227 e. The summed E-state index contributed by atoms with van der Waals surface area (Å²) in [5.74, 6) is 0.776. The van der Waals surface area contributed by atoms with E-state index in [0.717, 1.165) is 6.54 Å². The van der Waals surface area contributed by atoms with Crippen LogP contribution in [0.3, 0.4) is 0 Å². The number of nitrogens with zero attached hydrogens (tertiary/aromatic N) is 1. The summed E-state index contributed by atoms with van der Waals surface area (Å²) in [6, 6.07) is 6.49. The Hall–Kier alpha value is -1.31. The van der Waals surface area contributed by atoms with Gasteiger partial charge in [-0.25, -0.2) is 0 Å². The first-order valence-electron chi connectivity index (χ1n) is 5.43. The van der Waals surface area contributed by atoms with Gasteiger partial charge >= 0.3 is 0 Å². The Labute approximate surface area is 90.9 Å². The van der Waals surface area contributed by atoms with E-state index in [1.54, 1.807) is 4.90 Å². The number of benzene rings is 1. The molecule has 0 bridgehead atoms. The molecule has 2 nitrogen and oxygen atoms in total. The molecule has 1 aromatic carbocycles. The zero-order chi connectivity index (χ0) is 11.0. The fourth-order valence-electron chi connectivity index (χ4n) is 1.97. The Bertz CT molecular complexity index is 396. The molecule has 0 unspecified atom stereocenters. The van der Waals surface area contributed by atoms with Crippen molar-refractivity contribution in [2.24, 2.45) is 0 Å². The van der Waals surface area contributed by atoms with E-state index < -0.39 is 0 Å². The van der Waals surface area contributed by atoms with E-state index in [2.05, 4.69) is 32.0 Å². The fourth-order valence-corrected chi connectivity index (χ4v) is 1.97. The normalized spacial score (nSPS) is 15.7. The fraction of sp³-hybridized carbons (Fsp3) is 0.462. The lowest BCUT2D eigenvalue weighted by molar-refractivity contribution is -0.130. The average Bonchev–Trinajstić information content (AvgIpc) is 2.19. The van der Waals surface area contributed by atoms with Crippen LogP contribution in [-0.4, -0.2) is 17.9 Å². The molecule has 0 saturated heterocycles. The number of hydrogen-bond acceptors (Lipinski definition) is 1. The molecule has 0 saturated carbocycles. The third kappa shape index (κ3) is 1.89. The van der Waals surface area contributed by atoms with Gasteiger partial charge in [-0.15, -0.1) is 0 Å². The highest BCUT2D eigenvalue weighted by Gasteiger charge is 2.19. The van der Waals surface area contributed by atoms with Crippen LogP contribution in [-0.2, 0) is 17.8 Å². The van der Waals surface area contributed by atoms with Gasteiger partial charge < -0.3 is 4.90 Å². The predicted molar refractivity (Wildman–Crippen MR) is 60.7 cm³/mol. The van der Waals surface area contributed by atoms with Crippen LogP contribution >= 0.6 is 0 Å². The molecule has 0 N–H and O–H groups in total. The molecule has 0 spiro atoms. The summed E-state index contributed by atoms with van der Waals surface area (Å²) in [4.78, 5) is 13.3. The summed E-state index contributed by atoms with van der Waals surface area (Å²) >= 11 is 0. The number of carbonyl (C=O) groups is 1. The first-order valence-corrected chi connectivity index (χ1v) is 5.43. The van der Waals surface area contributed by atoms with Gasteiger partial charge in [-0.05, 0) is 22.6 Å². The molecule has 0 aromatic heterocycles. The molecule has 0 atom stereocenters. The first kappa shape index (κ1) is 10.2. The van der Waals surface area contributed by atoms with E-state index in [-0.39, 0.29) is 5.91 Å². The lowest BCUT2D eigenvalue weighted by Crippen LogP contribution is -2.32. The van der Waals surface area contributed by atoms with Crippen LogP contribution in [0, 0.1) is 0 Å². The average molecular weight is 203 g/mol. The maximum absolute atomic E-state index is 11.5. The molecular formula is C13H17NO. The quantitative estimate of drug-likeness (QED) is 0.686. The van der Waals surface area contributed by atoms with E-state index in [4.69, 9.17) is 0 Å². The summed E-state index contributed by atoms with van der Waals surface area (Å²) in [5.41, 5.74) is 3.86. The van der Waals surface area contributed by atoms with Crippen molar-refractivity contribution in [2.75, 3.05) is 7.05 Å². The summed E-state index contributed by atoms with van der Waals surface area (Å²) in [7, 11) is 1.87. The van der Waals surface area contributed by atoms with Crippen molar-refractivity contribution < 1.29 is 4.79 Å². The van der Waals surface area contributed by atoms with Gasteiger partial charge in [0.2, 0.25) is 5.91 Å². The van der Waals surface area contributed by atoms with Crippen LogP contribution < -0.4 is 0 Å². The van der Waals surface area contributed by atoms with Crippen molar-refractivity contribution in [3.8, 4) is 0 Å². The molecule has 1 heterocycles. The largest absolute Gasteiger partial charge is 0.341 e. The second-order valence-corrected chi connectivity index (χ2v) is 4.61. The Kier molecular flexibility index (Phi) is 2.51. The standard InChI is InChI=1S/C13H17NO/c1-9(2)10-4-5-11-7-13(15)14(3)8-12(11)6-10/h4-6,9H,7-8H2,1-3H3. The topological polar surface area (TPSA) is 20.3 Å². The summed E-state index contributed by atoms with van der Waals surface area (Å²) in [5, 5.41) is 0. The van der Waals surface area contributed by atoms with Gasteiger partial charge in [0, 0.05) is 13.6 Å². The lowest BCUT2D eigenvalue weighted by Gasteiger charge is -2.25. The van der Waals surface area contributed by atoms with Crippen molar-refractivity contribution in [2.45, 2.75) is 32.7 Å². The third-order valence-electron chi connectivity index (χ3n) is 3.07. The highest BCUT2D eigenvalue weighted by molar-refractivity contribution is 5.80. The number of fused-ring (bicyclic) bond motifs is 1. The molecule has 0 radical (unpaired) electrons. The molecule has 1 aromatic rings. The van der Waals surface area contributed by atoms with Crippen molar-refractivity contribution >= 4 is 5.91 Å². The van der Waals surface area contributed by atoms with Crippen LogP contribution in [0.5, 0.6) is 0 Å². The van der Waals surface area contributed by atoms with Crippen LogP contribution in [0.4, 0.5) is 0 Å². The molecule has 15 heavy (non-hydrogen) atoms. The zero-order valence-corrected chi connectivity index (χ0v) is 9.58. The molecule has 0 fully saturated rings. The maximum atomic E-state index is 11.5. The van der Waals surface area contributed by atoms with Crippen LogP contribution in [0.2, 0.25) is 0 Å². The van der Waals surface area contributed by atoms with Crippen LogP contribution in [0.1, 0.15) is 36.5 Å². The molecule has 1 aliphatic rings. The number of carbonyl (C=O) groups excluding carboxylic acids is 1. The third-order valence-corrected chi connectivity index (χ3v) is 3.07. The van der Waals surface area contributed by atoms with E-state index in [1.807, 2.05) is 7.05 Å². The SMILES string of the molecule is CC(C)c1ccc2c(c1)CN(C)C(=O)C2. The van der Waals surface area contributed by atoms with Gasteiger partial charge in [0.1, 0.15) is 0 Å². The van der Waals surface area contributed by atoms with Crippen molar-refractivity contribution in [3.63, 3.8) is 0 Å². The molecule has 2 heteroatoms. The molecule has 0 aliphatic carbocycles. The number of amides is 1. The van der Waals surface area contributed by atoms with Crippen molar-refractivity contribution in [3.05, 3.63) is 34.9 Å². The second-order valence-electron chi connectivity index (χ2n) is 4.61. The van der Waals surface area contributed by atoms with Gasteiger partial charge in [0.05, 0.1) is 6.42 Å². The summed E-state index contributed by atoms with van der Waals surface area (Å²) in [6.45, 7) is 5.15. The monoisotopic (exact) mass is 203 g/mol. The Morgan fingerprint density at radius 3 is 2.67 bits per heavy atom. The number of rotatable bonds is 1. The van der Waals surface area contributed by atoms with Crippen LogP contribution in [0.15, 0.2) is 18.2 Å². The summed E-state index contributed by atoms with van der Waals surface area (Å²) in [6.07, 6.45) is 0.560. The Balaban J connectivity index is 2.37. The minimum Gasteiger partial charge on any atom is -0.341 e. The zero-order valence-electron chi connectivity index (χ0n) is 9.58. The van der Waals surface area contributed by atoms with E-state index in [0.29, 0.717) is 12.3 Å². The van der Waals surface area contributed by atoms with E-state index >= 15 is 0 Å². The van der Waals surface area contributed by atoms with Gasteiger partial charge in [-0.3, -0.25) is 4.79 Å². The first-order chi connectivity index (χ1) is 7.08. The highest BCUT2D eigenvalue weighted by atomic mass is 16.2. The van der Waals surface area contributed by atoms with Crippen molar-refractivity contribution in [1.82, 2.24) is 4.90 Å². The Morgan fingerprint density at radius 2 is 2.00 bits per heavy atom. The molecule has 2 rings (SSSR count). The van der Waals surface area contributed by atoms with E-state index in [9.17, 15) is 4.79 Å². The number of hydrogen-bond donors (Lipinski definition) is 0. The summed E-state index contributed by atoms with van der Waals surface area (Å²) < 4.78 is 0.